The van der Waals surface area contributed by atoms with Gasteiger partial charge < -0.3 is 4.74 Å². The number of esters is 1. The van der Waals surface area contributed by atoms with E-state index >= 15 is 0 Å². The van der Waals surface area contributed by atoms with Gasteiger partial charge in [0.25, 0.3) is 0 Å². The zero-order valence-electron chi connectivity index (χ0n) is 9.71. The minimum atomic E-state index is -0.0452. The Kier molecular flexibility index (Phi) is 6.41. The molecule has 0 amide bonds. The Morgan fingerprint density at radius 1 is 1.33 bits per heavy atom. The Bertz CT molecular complexity index is 176. The Morgan fingerprint density at radius 2 is 2.07 bits per heavy atom. The molecule has 3 heteroatoms. The third kappa shape index (κ3) is 5.78. The summed E-state index contributed by atoms with van der Waals surface area (Å²) in [6.07, 6.45) is 6.48. The quantitative estimate of drug-likeness (QED) is 0.500. The predicted molar refractivity (Wildman–Crippen MR) is 59.7 cm³/mol. The summed E-state index contributed by atoms with van der Waals surface area (Å²) < 4.78 is 4.88. The van der Waals surface area contributed by atoms with E-state index in [-0.39, 0.29) is 5.97 Å². The number of unbranched alkanes of at least 4 members (excludes halogenated alkanes) is 1. The number of hydrogen-bond acceptors (Lipinski definition) is 2. The number of piperidine rings is 1. The van der Waals surface area contributed by atoms with Crippen LogP contribution in [0.2, 0.25) is 0 Å². The van der Waals surface area contributed by atoms with Crippen LogP contribution in [-0.2, 0) is 9.53 Å². The SMILES string of the molecule is CCOC(=O)CCCCC1CC[N]CC1. The van der Waals surface area contributed by atoms with E-state index in [1.165, 1.54) is 19.3 Å². The molecule has 1 aliphatic rings. The summed E-state index contributed by atoms with van der Waals surface area (Å²) in [5.41, 5.74) is 0. The van der Waals surface area contributed by atoms with E-state index in [0.29, 0.717) is 13.0 Å². The minimum absolute atomic E-state index is 0.0452. The second kappa shape index (κ2) is 7.69. The highest BCUT2D eigenvalue weighted by Gasteiger charge is 2.13. The molecule has 0 aromatic heterocycles. The van der Waals surface area contributed by atoms with Crippen molar-refractivity contribution >= 4 is 5.97 Å². The van der Waals surface area contributed by atoms with Crippen molar-refractivity contribution in [3.8, 4) is 0 Å². The standard InChI is InChI=1S/C12H22NO2/c1-2-15-12(14)6-4-3-5-11-7-9-13-10-8-11/h11H,2-10H2,1H3. The van der Waals surface area contributed by atoms with Crippen LogP contribution in [-0.4, -0.2) is 25.7 Å². The average Bonchev–Trinajstić information content (AvgIpc) is 2.26. The van der Waals surface area contributed by atoms with Crippen LogP contribution in [0.1, 0.15) is 45.4 Å². The Hall–Kier alpha value is -0.570. The van der Waals surface area contributed by atoms with Crippen molar-refractivity contribution in [3.05, 3.63) is 0 Å². The van der Waals surface area contributed by atoms with Gasteiger partial charge in [0.2, 0.25) is 0 Å². The van der Waals surface area contributed by atoms with Gasteiger partial charge >= 0.3 is 5.97 Å². The highest BCUT2D eigenvalue weighted by Crippen LogP contribution is 2.19. The molecule has 0 bridgehead atoms. The van der Waals surface area contributed by atoms with Crippen molar-refractivity contribution in [1.82, 2.24) is 5.32 Å². The van der Waals surface area contributed by atoms with Crippen LogP contribution in [0, 0.1) is 5.92 Å². The first-order chi connectivity index (χ1) is 7.33. The van der Waals surface area contributed by atoms with E-state index < -0.39 is 0 Å². The van der Waals surface area contributed by atoms with Crippen LogP contribution >= 0.6 is 0 Å². The zero-order chi connectivity index (χ0) is 10.9. The van der Waals surface area contributed by atoms with Gasteiger partial charge in [0.1, 0.15) is 0 Å². The lowest BCUT2D eigenvalue weighted by molar-refractivity contribution is -0.143. The van der Waals surface area contributed by atoms with Crippen molar-refractivity contribution in [2.24, 2.45) is 5.92 Å². The Balaban J connectivity index is 1.93. The summed E-state index contributed by atoms with van der Waals surface area (Å²) in [6, 6.07) is 0. The molecule has 3 nitrogen and oxygen atoms in total. The lowest BCUT2D eigenvalue weighted by Crippen LogP contribution is -2.22. The molecule has 1 fully saturated rings. The van der Waals surface area contributed by atoms with E-state index in [0.717, 1.165) is 31.8 Å². The monoisotopic (exact) mass is 212 g/mol. The molecule has 0 unspecified atom stereocenters. The second-order valence-electron chi connectivity index (χ2n) is 4.16. The van der Waals surface area contributed by atoms with E-state index in [1.54, 1.807) is 0 Å². The number of nitrogens with zero attached hydrogens (tertiary/aromatic N) is 1. The maximum absolute atomic E-state index is 11.1. The van der Waals surface area contributed by atoms with Crippen molar-refractivity contribution in [2.75, 3.05) is 19.7 Å². The highest BCUT2D eigenvalue weighted by atomic mass is 16.5. The number of ether oxygens (including phenoxy) is 1. The van der Waals surface area contributed by atoms with Crippen molar-refractivity contribution in [1.29, 1.82) is 0 Å². The topological polar surface area (TPSA) is 40.4 Å². The average molecular weight is 212 g/mol. The summed E-state index contributed by atoms with van der Waals surface area (Å²) in [5, 5.41) is 4.33. The van der Waals surface area contributed by atoms with Gasteiger partial charge in [-0.3, -0.25) is 4.79 Å². The first kappa shape index (κ1) is 12.5. The molecule has 0 aromatic rings. The van der Waals surface area contributed by atoms with Crippen molar-refractivity contribution in [3.63, 3.8) is 0 Å². The summed E-state index contributed by atoms with van der Waals surface area (Å²) in [5.74, 6) is 0.806. The predicted octanol–water partition coefficient (Wildman–Crippen LogP) is 2.12. The van der Waals surface area contributed by atoms with Gasteiger partial charge in [-0.2, -0.15) is 0 Å². The van der Waals surface area contributed by atoms with E-state index in [9.17, 15) is 4.79 Å². The highest BCUT2D eigenvalue weighted by molar-refractivity contribution is 5.69. The van der Waals surface area contributed by atoms with Crippen LogP contribution in [0.15, 0.2) is 0 Å². The van der Waals surface area contributed by atoms with Crippen LogP contribution in [0.3, 0.4) is 0 Å². The fourth-order valence-electron chi connectivity index (χ4n) is 2.03. The summed E-state index contributed by atoms with van der Waals surface area (Å²) in [7, 11) is 0. The molecule has 0 saturated carbocycles. The summed E-state index contributed by atoms with van der Waals surface area (Å²) >= 11 is 0. The molecular weight excluding hydrogens is 190 g/mol. The molecule has 1 radical (unpaired) electrons. The first-order valence-electron chi connectivity index (χ1n) is 6.11. The first-order valence-corrected chi connectivity index (χ1v) is 6.11. The van der Waals surface area contributed by atoms with Gasteiger partial charge in [0.05, 0.1) is 6.61 Å². The fraction of sp³-hybridized carbons (Fsp3) is 0.917. The van der Waals surface area contributed by atoms with Crippen molar-refractivity contribution < 1.29 is 9.53 Å². The van der Waals surface area contributed by atoms with Gasteiger partial charge in [-0.05, 0) is 32.1 Å². The fourth-order valence-corrected chi connectivity index (χ4v) is 2.03. The van der Waals surface area contributed by atoms with Crippen molar-refractivity contribution in [2.45, 2.75) is 45.4 Å². The molecule has 0 atom stereocenters. The zero-order valence-corrected chi connectivity index (χ0v) is 9.71. The molecule has 87 valence electrons. The van der Waals surface area contributed by atoms with Crippen LogP contribution in [0.5, 0.6) is 0 Å². The largest absolute Gasteiger partial charge is 0.466 e. The molecule has 0 spiro atoms. The van der Waals surface area contributed by atoms with E-state index in [1.807, 2.05) is 6.92 Å². The second-order valence-corrected chi connectivity index (χ2v) is 4.16. The van der Waals surface area contributed by atoms with Crippen LogP contribution in [0.4, 0.5) is 0 Å². The van der Waals surface area contributed by atoms with Gasteiger partial charge in [0.15, 0.2) is 0 Å². The number of carbonyl (C=O) groups is 1. The maximum atomic E-state index is 11.1. The van der Waals surface area contributed by atoms with Gasteiger partial charge in [-0.15, -0.1) is 0 Å². The maximum Gasteiger partial charge on any atom is 0.305 e. The third-order valence-corrected chi connectivity index (χ3v) is 2.94. The normalized spacial score (nSPS) is 17.7. The number of rotatable bonds is 6. The molecule has 0 aromatic carbocycles. The van der Waals surface area contributed by atoms with Crippen LogP contribution in [0.25, 0.3) is 0 Å². The summed E-state index contributed by atoms with van der Waals surface area (Å²) in [4.78, 5) is 11.1. The molecule has 15 heavy (non-hydrogen) atoms. The van der Waals surface area contributed by atoms with Gasteiger partial charge in [-0.1, -0.05) is 12.8 Å². The Morgan fingerprint density at radius 3 is 2.73 bits per heavy atom. The number of hydrogen-bond donors (Lipinski definition) is 0. The lowest BCUT2D eigenvalue weighted by atomic mass is 9.92. The van der Waals surface area contributed by atoms with Gasteiger partial charge in [-0.25, -0.2) is 5.32 Å². The van der Waals surface area contributed by atoms with Gasteiger partial charge in [0, 0.05) is 19.5 Å². The molecule has 1 saturated heterocycles. The summed E-state index contributed by atoms with van der Waals surface area (Å²) in [6.45, 7) is 4.44. The molecule has 1 aliphatic heterocycles. The van der Waals surface area contributed by atoms with E-state index in [2.05, 4.69) is 5.32 Å². The molecular formula is C12H22NO2. The van der Waals surface area contributed by atoms with E-state index in [4.69, 9.17) is 4.74 Å². The minimum Gasteiger partial charge on any atom is -0.466 e. The molecule has 0 aliphatic carbocycles. The molecule has 0 N–H and O–H groups in total. The Labute approximate surface area is 92.6 Å². The third-order valence-electron chi connectivity index (χ3n) is 2.94. The molecule has 1 heterocycles. The van der Waals surface area contributed by atoms with Crippen LogP contribution < -0.4 is 5.32 Å². The smallest absolute Gasteiger partial charge is 0.305 e. The molecule has 1 rings (SSSR count). The lowest BCUT2D eigenvalue weighted by Gasteiger charge is -2.21. The number of carbonyl (C=O) groups excluding carboxylic acids is 1.